The molecule has 0 N–H and O–H groups in total. The van der Waals surface area contributed by atoms with Gasteiger partial charge in [-0.05, 0) is 11.6 Å². The van der Waals surface area contributed by atoms with Crippen LogP contribution in [0, 0.1) is 0 Å². The maximum absolute atomic E-state index is 10.9. The summed E-state index contributed by atoms with van der Waals surface area (Å²) in [5, 5.41) is -0.536. The first kappa shape index (κ1) is 10.8. The van der Waals surface area contributed by atoms with E-state index in [1.165, 1.54) is 0 Å². The van der Waals surface area contributed by atoms with E-state index in [2.05, 4.69) is 0 Å². The highest BCUT2D eigenvalue weighted by Crippen LogP contribution is 2.52. The Morgan fingerprint density at radius 2 is 2.00 bits per heavy atom. The predicted molar refractivity (Wildman–Crippen MR) is 44.5 cm³/mol. The monoisotopic (exact) mass is 222 g/mol. The molecule has 0 aromatic carbocycles. The van der Waals surface area contributed by atoms with Gasteiger partial charge in [-0.2, -0.15) is 0 Å². The van der Waals surface area contributed by atoms with Crippen molar-refractivity contribution in [3.8, 4) is 0 Å². The van der Waals surface area contributed by atoms with Crippen LogP contribution in [0.15, 0.2) is 0 Å². The molecule has 0 rings (SSSR count). The Balaban J connectivity index is 3.68. The molecule has 0 aromatic heterocycles. The first-order chi connectivity index (χ1) is 4.48. The Labute approximate surface area is 74.0 Å². The van der Waals surface area contributed by atoms with Crippen LogP contribution in [0.25, 0.3) is 0 Å². The molecule has 0 amide bonds. The molecule has 0 heterocycles. The average Bonchev–Trinajstić information content (AvgIpc) is 1.85. The minimum absolute atomic E-state index is 0.0229. The number of carbonyl (C=O) groups is 1. The normalized spacial score (nSPS) is 16.3. The van der Waals surface area contributed by atoms with Gasteiger partial charge in [0.15, 0.2) is 6.49 Å². The number of rotatable bonds is 4. The molecule has 0 fully saturated rings. The fourth-order valence-electron chi connectivity index (χ4n) is 0.315. The summed E-state index contributed by atoms with van der Waals surface area (Å²) < 4.78 is 10.9. The molecule has 0 aliphatic rings. The molecule has 2 nitrogen and oxygen atoms in total. The molecular formula is C4H6Cl3O2P. The third-order valence-electron chi connectivity index (χ3n) is 0.821. The van der Waals surface area contributed by atoms with Crippen molar-refractivity contribution in [1.29, 1.82) is 0 Å². The number of halogens is 3. The Hall–Kier alpha value is 0.770. The van der Waals surface area contributed by atoms with Gasteiger partial charge in [0.1, 0.15) is 0 Å². The minimum Gasteiger partial charge on any atom is -0.305 e. The molecule has 0 saturated heterocycles. The summed E-state index contributed by atoms with van der Waals surface area (Å²) >= 11 is 15.6. The van der Waals surface area contributed by atoms with Crippen LogP contribution in [0.3, 0.4) is 0 Å². The van der Waals surface area contributed by atoms with E-state index in [1.54, 1.807) is 0 Å². The summed E-state index contributed by atoms with van der Waals surface area (Å²) in [7, 11) is 0. The summed E-state index contributed by atoms with van der Waals surface area (Å²) in [6, 6.07) is 0. The Morgan fingerprint density at radius 3 is 2.30 bits per heavy atom. The third-order valence-corrected chi connectivity index (χ3v) is 4.65. The second kappa shape index (κ2) is 4.61. The lowest BCUT2D eigenvalue weighted by Crippen LogP contribution is -1.91. The van der Waals surface area contributed by atoms with Crippen molar-refractivity contribution < 1.29 is 9.36 Å². The molecule has 0 aliphatic heterocycles. The second-order valence-corrected chi connectivity index (χ2v) is 6.99. The maximum Gasteiger partial charge on any atom is 0.222 e. The molecule has 0 bridgehead atoms. The highest BCUT2D eigenvalue weighted by atomic mass is 35.7. The molecule has 1 atom stereocenters. The first-order valence-electron chi connectivity index (χ1n) is 2.50. The molecule has 10 heavy (non-hydrogen) atoms. The number of hydrogen-bond donors (Lipinski definition) is 0. The van der Waals surface area contributed by atoms with Crippen molar-refractivity contribution in [2.75, 3.05) is 11.8 Å². The van der Waals surface area contributed by atoms with Gasteiger partial charge < -0.3 is 4.57 Å². The van der Waals surface area contributed by atoms with Crippen LogP contribution in [-0.2, 0) is 9.36 Å². The zero-order chi connectivity index (χ0) is 8.20. The quantitative estimate of drug-likeness (QED) is 0.417. The highest BCUT2D eigenvalue weighted by Gasteiger charge is 2.17. The second-order valence-electron chi connectivity index (χ2n) is 1.74. The SMILES string of the molecule is O=C(Cl)CCP(=O)(Cl)CCl. The van der Waals surface area contributed by atoms with Gasteiger partial charge in [0, 0.05) is 12.6 Å². The van der Waals surface area contributed by atoms with Crippen LogP contribution in [0.1, 0.15) is 6.42 Å². The van der Waals surface area contributed by atoms with Gasteiger partial charge >= 0.3 is 0 Å². The van der Waals surface area contributed by atoms with Crippen molar-refractivity contribution in [2.24, 2.45) is 0 Å². The van der Waals surface area contributed by atoms with Gasteiger partial charge in [0.25, 0.3) is 0 Å². The standard InChI is InChI=1S/C4H6Cl3O2P/c5-3-10(7,9)2-1-4(6)8/h1-3H2. The van der Waals surface area contributed by atoms with E-state index in [-0.39, 0.29) is 18.2 Å². The summed E-state index contributed by atoms with van der Waals surface area (Å²) in [6.45, 7) is -2.79. The van der Waals surface area contributed by atoms with Crippen LogP contribution in [0.4, 0.5) is 0 Å². The van der Waals surface area contributed by atoms with Crippen molar-refractivity contribution in [2.45, 2.75) is 6.42 Å². The van der Waals surface area contributed by atoms with Gasteiger partial charge in [-0.15, -0.1) is 11.6 Å². The van der Waals surface area contributed by atoms with Crippen molar-refractivity contribution in [1.82, 2.24) is 0 Å². The predicted octanol–water partition coefficient (Wildman–Crippen LogP) is 2.86. The van der Waals surface area contributed by atoms with Crippen molar-refractivity contribution in [3.63, 3.8) is 0 Å². The summed E-state index contributed by atoms with van der Waals surface area (Å²) in [5.74, 6) is 0. The van der Waals surface area contributed by atoms with Gasteiger partial charge in [-0.1, -0.05) is 11.2 Å². The molecule has 0 saturated carbocycles. The lowest BCUT2D eigenvalue weighted by atomic mass is 10.6. The lowest BCUT2D eigenvalue weighted by molar-refractivity contribution is -0.111. The molecule has 6 heteroatoms. The lowest BCUT2D eigenvalue weighted by Gasteiger charge is -2.02. The molecule has 0 aliphatic carbocycles. The minimum atomic E-state index is -2.79. The summed E-state index contributed by atoms with van der Waals surface area (Å²) in [5.41, 5.74) is -0.112. The average molecular weight is 223 g/mol. The number of carbonyl (C=O) groups excluding carboxylic acids is 1. The van der Waals surface area contributed by atoms with Gasteiger partial charge in [0.05, 0.1) is 5.62 Å². The fourth-order valence-corrected chi connectivity index (χ4v) is 1.81. The maximum atomic E-state index is 10.9. The van der Waals surface area contributed by atoms with Crippen LogP contribution in [-0.4, -0.2) is 17.0 Å². The van der Waals surface area contributed by atoms with E-state index in [0.29, 0.717) is 0 Å². The molecular weight excluding hydrogens is 217 g/mol. The van der Waals surface area contributed by atoms with E-state index in [4.69, 9.17) is 34.4 Å². The third kappa shape index (κ3) is 5.55. The largest absolute Gasteiger partial charge is 0.305 e. The molecule has 0 aromatic rings. The van der Waals surface area contributed by atoms with Gasteiger partial charge in [0.2, 0.25) is 5.24 Å². The van der Waals surface area contributed by atoms with E-state index in [0.717, 1.165) is 0 Å². The Morgan fingerprint density at radius 1 is 1.50 bits per heavy atom. The van der Waals surface area contributed by atoms with Crippen molar-refractivity contribution in [3.05, 3.63) is 0 Å². The zero-order valence-electron chi connectivity index (χ0n) is 5.02. The highest BCUT2D eigenvalue weighted by molar-refractivity contribution is 7.90. The topological polar surface area (TPSA) is 34.1 Å². The van der Waals surface area contributed by atoms with Crippen LogP contribution in [0.5, 0.6) is 0 Å². The van der Waals surface area contributed by atoms with Crippen molar-refractivity contribution >= 4 is 46.2 Å². The van der Waals surface area contributed by atoms with Crippen LogP contribution >= 0.6 is 40.9 Å². The van der Waals surface area contributed by atoms with Crippen LogP contribution < -0.4 is 0 Å². The summed E-state index contributed by atoms with van der Waals surface area (Å²) in [6.07, 6.45) is 0.107. The van der Waals surface area contributed by atoms with Crippen LogP contribution in [0.2, 0.25) is 0 Å². The summed E-state index contributed by atoms with van der Waals surface area (Å²) in [4.78, 5) is 10.1. The fraction of sp³-hybridized carbons (Fsp3) is 0.750. The smallest absolute Gasteiger partial charge is 0.222 e. The number of hydrogen-bond acceptors (Lipinski definition) is 2. The van der Waals surface area contributed by atoms with Gasteiger partial charge in [-0.25, -0.2) is 0 Å². The molecule has 1 unspecified atom stereocenters. The Bertz CT molecular complexity index is 170. The molecule has 60 valence electrons. The van der Waals surface area contributed by atoms with E-state index < -0.39 is 11.7 Å². The van der Waals surface area contributed by atoms with E-state index in [1.807, 2.05) is 0 Å². The number of alkyl halides is 1. The van der Waals surface area contributed by atoms with E-state index in [9.17, 15) is 9.36 Å². The zero-order valence-corrected chi connectivity index (χ0v) is 8.18. The Kier molecular flexibility index (Phi) is 4.96. The molecule has 0 spiro atoms. The van der Waals surface area contributed by atoms with E-state index >= 15 is 0 Å². The molecule has 0 radical (unpaired) electrons. The first-order valence-corrected chi connectivity index (χ1v) is 6.39. The van der Waals surface area contributed by atoms with Gasteiger partial charge in [-0.3, -0.25) is 4.79 Å².